The van der Waals surface area contributed by atoms with Gasteiger partial charge in [-0.15, -0.1) is 0 Å². The Kier molecular flexibility index (Phi) is 3.66. The SMILES string of the molecule is CC(=NNC(=O)c1ccc(C)o1)c1cccc(N)c1. The van der Waals surface area contributed by atoms with Crippen LogP contribution in [0.25, 0.3) is 0 Å². The van der Waals surface area contributed by atoms with Crippen LogP contribution in [0.5, 0.6) is 0 Å². The summed E-state index contributed by atoms with van der Waals surface area (Å²) in [6.07, 6.45) is 0. The lowest BCUT2D eigenvalue weighted by Crippen LogP contribution is -2.18. The maximum Gasteiger partial charge on any atom is 0.307 e. The highest BCUT2D eigenvalue weighted by Gasteiger charge is 2.08. The zero-order valence-corrected chi connectivity index (χ0v) is 10.8. The number of amides is 1. The van der Waals surface area contributed by atoms with Crippen molar-refractivity contribution in [3.05, 3.63) is 53.5 Å². The van der Waals surface area contributed by atoms with Crippen LogP contribution in [-0.2, 0) is 0 Å². The highest BCUT2D eigenvalue weighted by Crippen LogP contribution is 2.08. The Bertz CT molecular complexity index is 629. The number of anilines is 1. The third-order valence-electron chi connectivity index (χ3n) is 2.59. The number of nitrogens with zero attached hydrogens (tertiary/aromatic N) is 1. The number of nitrogens with two attached hydrogens (primary N) is 1. The third-order valence-corrected chi connectivity index (χ3v) is 2.59. The van der Waals surface area contributed by atoms with Crippen LogP contribution < -0.4 is 11.2 Å². The fourth-order valence-corrected chi connectivity index (χ4v) is 1.57. The number of furan rings is 1. The number of nitrogens with one attached hydrogen (secondary N) is 1. The number of rotatable bonds is 3. The summed E-state index contributed by atoms with van der Waals surface area (Å²) < 4.78 is 5.20. The first kappa shape index (κ1) is 12.9. The quantitative estimate of drug-likeness (QED) is 0.503. The minimum atomic E-state index is -0.378. The summed E-state index contributed by atoms with van der Waals surface area (Å²) >= 11 is 0. The summed E-state index contributed by atoms with van der Waals surface area (Å²) in [7, 11) is 0. The molecule has 1 aromatic heterocycles. The van der Waals surface area contributed by atoms with Gasteiger partial charge in [0.25, 0.3) is 0 Å². The summed E-state index contributed by atoms with van der Waals surface area (Å²) in [5.74, 6) is 0.541. The van der Waals surface area contributed by atoms with Crippen molar-refractivity contribution in [2.24, 2.45) is 5.10 Å². The molecule has 0 unspecified atom stereocenters. The summed E-state index contributed by atoms with van der Waals surface area (Å²) in [5, 5.41) is 4.02. The molecule has 0 aliphatic rings. The largest absolute Gasteiger partial charge is 0.456 e. The van der Waals surface area contributed by atoms with Gasteiger partial charge in [0.2, 0.25) is 0 Å². The summed E-state index contributed by atoms with van der Waals surface area (Å²) in [6, 6.07) is 10.6. The van der Waals surface area contributed by atoms with Crippen LogP contribution in [0.15, 0.2) is 45.9 Å². The molecule has 0 saturated heterocycles. The fraction of sp³-hybridized carbons (Fsp3) is 0.143. The van der Waals surface area contributed by atoms with E-state index in [0.717, 1.165) is 5.56 Å². The second-order valence-electron chi connectivity index (χ2n) is 4.17. The Balaban J connectivity index is 2.08. The van der Waals surface area contributed by atoms with Crippen molar-refractivity contribution >= 4 is 17.3 Å². The summed E-state index contributed by atoms with van der Waals surface area (Å²) in [6.45, 7) is 3.57. The van der Waals surface area contributed by atoms with E-state index < -0.39 is 0 Å². The average Bonchev–Trinajstić information content (AvgIpc) is 2.82. The minimum absolute atomic E-state index is 0.238. The van der Waals surface area contributed by atoms with Crippen LogP contribution in [0.4, 0.5) is 5.69 Å². The fourth-order valence-electron chi connectivity index (χ4n) is 1.57. The van der Waals surface area contributed by atoms with Crippen molar-refractivity contribution in [2.45, 2.75) is 13.8 Å². The van der Waals surface area contributed by atoms with Crippen LogP contribution in [0.3, 0.4) is 0 Å². The minimum Gasteiger partial charge on any atom is -0.456 e. The van der Waals surface area contributed by atoms with Crippen LogP contribution in [-0.4, -0.2) is 11.6 Å². The van der Waals surface area contributed by atoms with Gasteiger partial charge in [-0.1, -0.05) is 12.1 Å². The third kappa shape index (κ3) is 3.22. The smallest absolute Gasteiger partial charge is 0.307 e. The van der Waals surface area contributed by atoms with Crippen LogP contribution in [0, 0.1) is 6.92 Å². The maximum atomic E-state index is 11.7. The molecule has 5 nitrogen and oxygen atoms in total. The van der Waals surface area contributed by atoms with Gasteiger partial charge < -0.3 is 10.2 Å². The highest BCUT2D eigenvalue weighted by atomic mass is 16.3. The molecule has 1 aromatic carbocycles. The highest BCUT2D eigenvalue weighted by molar-refractivity contribution is 6.00. The summed E-state index contributed by atoms with van der Waals surface area (Å²) in [4.78, 5) is 11.7. The van der Waals surface area contributed by atoms with E-state index in [2.05, 4.69) is 10.5 Å². The van der Waals surface area contributed by atoms with Crippen LogP contribution >= 0.6 is 0 Å². The molecule has 1 heterocycles. The van der Waals surface area contributed by atoms with E-state index in [1.54, 1.807) is 38.1 Å². The van der Waals surface area contributed by atoms with Crippen molar-refractivity contribution in [3.8, 4) is 0 Å². The average molecular weight is 257 g/mol. The van der Waals surface area contributed by atoms with E-state index in [1.165, 1.54) is 0 Å². The molecule has 0 fully saturated rings. The molecule has 2 aromatic rings. The van der Waals surface area contributed by atoms with E-state index in [9.17, 15) is 4.79 Å². The molecule has 0 bridgehead atoms. The van der Waals surface area contributed by atoms with Gasteiger partial charge in [0.1, 0.15) is 5.76 Å². The lowest BCUT2D eigenvalue weighted by atomic mass is 10.1. The first-order valence-electron chi connectivity index (χ1n) is 5.83. The normalized spacial score (nSPS) is 11.4. The van der Waals surface area contributed by atoms with Gasteiger partial charge >= 0.3 is 5.91 Å². The van der Waals surface area contributed by atoms with Gasteiger partial charge in [0.05, 0.1) is 5.71 Å². The topological polar surface area (TPSA) is 80.6 Å². The Labute approximate surface area is 111 Å². The number of benzene rings is 1. The molecular formula is C14H15N3O2. The number of carbonyl (C=O) groups is 1. The van der Waals surface area contributed by atoms with E-state index in [4.69, 9.17) is 10.2 Å². The molecule has 2 rings (SSSR count). The molecule has 0 aliphatic carbocycles. The maximum absolute atomic E-state index is 11.7. The molecule has 0 spiro atoms. The van der Waals surface area contributed by atoms with Crippen molar-refractivity contribution in [2.75, 3.05) is 5.73 Å². The molecule has 0 saturated carbocycles. The van der Waals surface area contributed by atoms with Crippen LogP contribution in [0.1, 0.15) is 28.8 Å². The molecule has 3 N–H and O–H groups in total. The van der Waals surface area contributed by atoms with Gasteiger partial charge in [0.15, 0.2) is 5.76 Å². The van der Waals surface area contributed by atoms with Crippen molar-refractivity contribution in [1.29, 1.82) is 0 Å². The predicted molar refractivity (Wildman–Crippen MR) is 74.0 cm³/mol. The molecule has 0 atom stereocenters. The van der Waals surface area contributed by atoms with E-state index in [0.29, 0.717) is 17.2 Å². The Morgan fingerprint density at radius 2 is 2.11 bits per heavy atom. The number of hydrogen-bond acceptors (Lipinski definition) is 4. The molecular weight excluding hydrogens is 242 g/mol. The van der Waals surface area contributed by atoms with Gasteiger partial charge in [-0.3, -0.25) is 4.79 Å². The molecule has 1 amide bonds. The Morgan fingerprint density at radius 3 is 2.74 bits per heavy atom. The van der Waals surface area contributed by atoms with Crippen LogP contribution in [0.2, 0.25) is 0 Å². The first-order valence-corrected chi connectivity index (χ1v) is 5.83. The lowest BCUT2D eigenvalue weighted by Gasteiger charge is -2.02. The number of hydrazone groups is 1. The molecule has 0 aliphatic heterocycles. The molecule has 98 valence electrons. The Hall–Kier alpha value is -2.56. The van der Waals surface area contributed by atoms with Crippen molar-refractivity contribution in [1.82, 2.24) is 5.43 Å². The molecule has 0 radical (unpaired) electrons. The van der Waals surface area contributed by atoms with Crippen molar-refractivity contribution in [3.63, 3.8) is 0 Å². The van der Waals surface area contributed by atoms with Gasteiger partial charge in [-0.05, 0) is 43.7 Å². The van der Waals surface area contributed by atoms with E-state index >= 15 is 0 Å². The molecule has 19 heavy (non-hydrogen) atoms. The molecule has 5 heteroatoms. The zero-order valence-electron chi connectivity index (χ0n) is 10.8. The standard InChI is InChI=1S/C14H15N3O2/c1-9-6-7-13(19-9)14(18)17-16-10(2)11-4-3-5-12(15)8-11/h3-8H,15H2,1-2H3,(H,17,18). The van der Waals surface area contributed by atoms with E-state index in [-0.39, 0.29) is 11.7 Å². The number of aryl methyl sites for hydroxylation is 1. The Morgan fingerprint density at radius 1 is 1.32 bits per heavy atom. The van der Waals surface area contributed by atoms with Gasteiger partial charge in [-0.25, -0.2) is 5.43 Å². The van der Waals surface area contributed by atoms with Gasteiger partial charge in [0, 0.05) is 5.69 Å². The monoisotopic (exact) mass is 257 g/mol. The predicted octanol–water partition coefficient (Wildman–Crippen LogP) is 2.32. The first-order chi connectivity index (χ1) is 9.06. The summed E-state index contributed by atoms with van der Waals surface area (Å²) in [5.41, 5.74) is 10.3. The van der Waals surface area contributed by atoms with Crippen molar-refractivity contribution < 1.29 is 9.21 Å². The van der Waals surface area contributed by atoms with E-state index in [1.807, 2.05) is 12.1 Å². The number of carbonyl (C=O) groups excluding carboxylic acids is 1. The second-order valence-corrected chi connectivity index (χ2v) is 4.17. The lowest BCUT2D eigenvalue weighted by molar-refractivity contribution is 0.0926. The number of nitrogen functional groups attached to an aromatic ring is 1. The second kappa shape index (κ2) is 5.39. The number of hydrogen-bond donors (Lipinski definition) is 2. The zero-order chi connectivity index (χ0) is 13.8. The van der Waals surface area contributed by atoms with Gasteiger partial charge in [-0.2, -0.15) is 5.10 Å².